The van der Waals surface area contributed by atoms with Crippen molar-refractivity contribution in [2.45, 2.75) is 25.8 Å². The summed E-state index contributed by atoms with van der Waals surface area (Å²) in [5, 5.41) is 5.44. The fourth-order valence-electron chi connectivity index (χ4n) is 2.36. The molecule has 0 fully saturated rings. The summed E-state index contributed by atoms with van der Waals surface area (Å²) < 4.78 is 5.07. The third-order valence-electron chi connectivity index (χ3n) is 3.65. The van der Waals surface area contributed by atoms with E-state index < -0.39 is 0 Å². The molecule has 0 heterocycles. The molecule has 118 valence electrons. The first-order chi connectivity index (χ1) is 10.7. The third-order valence-corrected chi connectivity index (χ3v) is 3.65. The smallest absolute Gasteiger partial charge is 0.239 e. The van der Waals surface area contributed by atoms with Crippen molar-refractivity contribution in [3.8, 4) is 5.75 Å². The number of methoxy groups -OCH3 is 1. The summed E-state index contributed by atoms with van der Waals surface area (Å²) in [6, 6.07) is 7.48. The fraction of sp³-hybridized carbons (Fsp3) is 0.412. The number of carbonyl (C=O) groups is 2. The van der Waals surface area contributed by atoms with Crippen molar-refractivity contribution in [1.29, 1.82) is 0 Å². The number of ether oxygens (including phenoxy) is 1. The van der Waals surface area contributed by atoms with Crippen LogP contribution in [0.2, 0.25) is 0 Å². The van der Waals surface area contributed by atoms with Gasteiger partial charge in [-0.15, -0.1) is 0 Å². The molecule has 1 atom stereocenters. The summed E-state index contributed by atoms with van der Waals surface area (Å²) in [4.78, 5) is 23.4. The molecule has 0 saturated heterocycles. The van der Waals surface area contributed by atoms with Crippen LogP contribution in [0.15, 0.2) is 36.4 Å². The summed E-state index contributed by atoms with van der Waals surface area (Å²) >= 11 is 0. The molecule has 1 aromatic carbocycles. The first kappa shape index (κ1) is 16.1. The molecule has 22 heavy (non-hydrogen) atoms. The summed E-state index contributed by atoms with van der Waals surface area (Å²) in [6.07, 6.45) is 6.70. The van der Waals surface area contributed by atoms with Gasteiger partial charge < -0.3 is 15.4 Å². The first-order valence-electron chi connectivity index (χ1n) is 7.50. The number of hydrogen-bond acceptors (Lipinski definition) is 3. The van der Waals surface area contributed by atoms with E-state index in [-0.39, 0.29) is 18.4 Å². The number of benzene rings is 1. The van der Waals surface area contributed by atoms with Gasteiger partial charge in [0.2, 0.25) is 11.8 Å². The van der Waals surface area contributed by atoms with Crippen molar-refractivity contribution >= 4 is 11.8 Å². The lowest BCUT2D eigenvalue weighted by molar-refractivity contribution is -0.126. The van der Waals surface area contributed by atoms with Crippen LogP contribution < -0.4 is 15.4 Å². The SMILES string of the molecule is COc1ccc(CNC(=O)CNC(=O)C[C@@H]2C=CCC2)cc1. The van der Waals surface area contributed by atoms with Gasteiger partial charge in [0, 0.05) is 13.0 Å². The van der Waals surface area contributed by atoms with Gasteiger partial charge in [0.1, 0.15) is 5.75 Å². The van der Waals surface area contributed by atoms with Gasteiger partial charge in [-0.1, -0.05) is 24.3 Å². The van der Waals surface area contributed by atoms with E-state index in [0.717, 1.165) is 24.2 Å². The molecule has 0 aromatic heterocycles. The van der Waals surface area contributed by atoms with Crippen molar-refractivity contribution in [2.75, 3.05) is 13.7 Å². The normalized spacial score (nSPS) is 16.3. The number of hydrogen-bond donors (Lipinski definition) is 2. The van der Waals surface area contributed by atoms with Gasteiger partial charge in [0.05, 0.1) is 13.7 Å². The van der Waals surface area contributed by atoms with Gasteiger partial charge in [0.15, 0.2) is 0 Å². The van der Waals surface area contributed by atoms with E-state index >= 15 is 0 Å². The zero-order chi connectivity index (χ0) is 15.8. The lowest BCUT2D eigenvalue weighted by Crippen LogP contribution is -2.37. The topological polar surface area (TPSA) is 67.4 Å². The van der Waals surface area contributed by atoms with Gasteiger partial charge in [-0.05, 0) is 36.5 Å². The van der Waals surface area contributed by atoms with Crippen LogP contribution in [0, 0.1) is 5.92 Å². The van der Waals surface area contributed by atoms with Crippen molar-refractivity contribution < 1.29 is 14.3 Å². The molecule has 1 aliphatic carbocycles. The quantitative estimate of drug-likeness (QED) is 0.755. The Morgan fingerprint density at radius 1 is 1.18 bits per heavy atom. The average molecular weight is 302 g/mol. The van der Waals surface area contributed by atoms with Crippen molar-refractivity contribution in [2.24, 2.45) is 5.92 Å². The molecule has 0 saturated carbocycles. The van der Waals surface area contributed by atoms with Gasteiger partial charge in [0.25, 0.3) is 0 Å². The molecule has 0 aliphatic heterocycles. The molecule has 0 bridgehead atoms. The van der Waals surface area contributed by atoms with E-state index in [1.54, 1.807) is 7.11 Å². The molecular weight excluding hydrogens is 280 g/mol. The van der Waals surface area contributed by atoms with Crippen LogP contribution in [0.25, 0.3) is 0 Å². The molecule has 0 unspecified atom stereocenters. The maximum Gasteiger partial charge on any atom is 0.239 e. The highest BCUT2D eigenvalue weighted by atomic mass is 16.5. The number of carbonyl (C=O) groups excluding carboxylic acids is 2. The molecular formula is C17H22N2O3. The van der Waals surface area contributed by atoms with Crippen LogP contribution in [0.5, 0.6) is 5.75 Å². The minimum absolute atomic E-state index is 0.0193. The Bertz CT molecular complexity index is 537. The van der Waals surface area contributed by atoms with Gasteiger partial charge >= 0.3 is 0 Å². The van der Waals surface area contributed by atoms with Crippen molar-refractivity contribution in [1.82, 2.24) is 10.6 Å². The van der Waals surface area contributed by atoms with E-state index in [0.29, 0.717) is 18.9 Å². The second kappa shape index (κ2) is 8.22. The molecule has 1 aliphatic rings. The van der Waals surface area contributed by atoms with Gasteiger partial charge in [-0.3, -0.25) is 9.59 Å². The Hall–Kier alpha value is -2.30. The predicted octanol–water partition coefficient (Wildman–Crippen LogP) is 1.78. The minimum Gasteiger partial charge on any atom is -0.497 e. The maximum atomic E-state index is 11.7. The zero-order valence-corrected chi connectivity index (χ0v) is 12.8. The second-order valence-corrected chi connectivity index (χ2v) is 5.37. The zero-order valence-electron chi connectivity index (χ0n) is 12.8. The molecule has 2 amide bonds. The third kappa shape index (κ3) is 5.24. The lowest BCUT2D eigenvalue weighted by Gasteiger charge is -2.09. The highest BCUT2D eigenvalue weighted by Gasteiger charge is 2.14. The van der Waals surface area contributed by atoms with Crippen LogP contribution in [-0.4, -0.2) is 25.5 Å². The number of rotatable bonds is 7. The van der Waals surface area contributed by atoms with E-state index in [4.69, 9.17) is 4.74 Å². The van der Waals surface area contributed by atoms with E-state index in [1.807, 2.05) is 24.3 Å². The van der Waals surface area contributed by atoms with Gasteiger partial charge in [-0.25, -0.2) is 0 Å². The number of amides is 2. The summed E-state index contributed by atoms with van der Waals surface area (Å²) in [6.45, 7) is 0.454. The highest BCUT2D eigenvalue weighted by Crippen LogP contribution is 2.19. The second-order valence-electron chi connectivity index (χ2n) is 5.37. The number of nitrogens with one attached hydrogen (secondary N) is 2. The predicted molar refractivity (Wildman–Crippen MR) is 84.3 cm³/mol. The summed E-state index contributed by atoms with van der Waals surface area (Å²) in [5.41, 5.74) is 0.983. The molecule has 2 rings (SSSR count). The first-order valence-corrected chi connectivity index (χ1v) is 7.50. The molecule has 5 heteroatoms. The van der Waals surface area contributed by atoms with E-state index in [1.165, 1.54) is 0 Å². The Labute approximate surface area is 130 Å². The Balaban J connectivity index is 1.64. The monoisotopic (exact) mass is 302 g/mol. The lowest BCUT2D eigenvalue weighted by atomic mass is 10.1. The van der Waals surface area contributed by atoms with Crippen LogP contribution in [0.4, 0.5) is 0 Å². The fourth-order valence-corrected chi connectivity index (χ4v) is 2.36. The van der Waals surface area contributed by atoms with Crippen LogP contribution in [0.3, 0.4) is 0 Å². The van der Waals surface area contributed by atoms with Crippen molar-refractivity contribution in [3.05, 3.63) is 42.0 Å². The molecule has 2 N–H and O–H groups in total. The molecule has 5 nitrogen and oxygen atoms in total. The summed E-state index contributed by atoms with van der Waals surface area (Å²) in [5.74, 6) is 0.841. The summed E-state index contributed by atoms with van der Waals surface area (Å²) in [7, 11) is 1.61. The largest absolute Gasteiger partial charge is 0.497 e. The van der Waals surface area contributed by atoms with Crippen LogP contribution >= 0.6 is 0 Å². The van der Waals surface area contributed by atoms with Crippen molar-refractivity contribution in [3.63, 3.8) is 0 Å². The Morgan fingerprint density at radius 2 is 1.95 bits per heavy atom. The maximum absolute atomic E-state index is 11.7. The molecule has 0 radical (unpaired) electrons. The molecule has 0 spiro atoms. The van der Waals surface area contributed by atoms with Crippen LogP contribution in [-0.2, 0) is 16.1 Å². The van der Waals surface area contributed by atoms with Gasteiger partial charge in [-0.2, -0.15) is 0 Å². The average Bonchev–Trinajstić information content (AvgIpc) is 3.04. The Kier molecular flexibility index (Phi) is 6.01. The van der Waals surface area contributed by atoms with E-state index in [9.17, 15) is 9.59 Å². The number of allylic oxidation sites excluding steroid dienone is 2. The highest BCUT2D eigenvalue weighted by molar-refractivity contribution is 5.84. The Morgan fingerprint density at radius 3 is 2.59 bits per heavy atom. The molecule has 1 aromatic rings. The van der Waals surface area contributed by atoms with E-state index in [2.05, 4.69) is 22.8 Å². The standard InChI is InChI=1S/C17H22N2O3/c1-22-15-8-6-14(7-9-15)11-18-17(21)12-19-16(20)10-13-4-2-3-5-13/h2,4,6-9,13H,3,5,10-12H2,1H3,(H,18,21)(H,19,20)/t13-/m1/s1. The minimum atomic E-state index is -0.189. The van der Waals surface area contributed by atoms with Crippen LogP contribution in [0.1, 0.15) is 24.8 Å².